The van der Waals surface area contributed by atoms with Crippen molar-refractivity contribution in [3.63, 3.8) is 0 Å². The predicted molar refractivity (Wildman–Crippen MR) is 213 cm³/mol. The van der Waals surface area contributed by atoms with Crippen molar-refractivity contribution >= 4 is 11.8 Å². The first-order chi connectivity index (χ1) is 26.5. The first-order valence-electron chi connectivity index (χ1n) is 20.1. The maximum atomic E-state index is 14.2. The monoisotopic (exact) mass is 761 g/mol. The van der Waals surface area contributed by atoms with E-state index in [1.54, 1.807) is 18.1 Å². The molecule has 0 spiro atoms. The molecule has 1 aromatic carbocycles. The van der Waals surface area contributed by atoms with Gasteiger partial charge in [-0.25, -0.2) is 4.79 Å². The molecule has 5 rings (SSSR count). The van der Waals surface area contributed by atoms with E-state index in [1.165, 1.54) is 0 Å². The van der Waals surface area contributed by atoms with Crippen LogP contribution in [0.5, 0.6) is 11.5 Å². The number of benzene rings is 1. The summed E-state index contributed by atoms with van der Waals surface area (Å²) in [5.74, 6) is -0.270. The number of aliphatic hydroxyl groups excluding tert-OH is 2. The van der Waals surface area contributed by atoms with Gasteiger partial charge >= 0.3 is 6.09 Å². The van der Waals surface area contributed by atoms with Crippen molar-refractivity contribution in [2.24, 2.45) is 28.3 Å². The van der Waals surface area contributed by atoms with Gasteiger partial charge in [-0.05, 0) is 92.2 Å². The van der Waals surface area contributed by atoms with Gasteiger partial charge in [0.05, 0.1) is 30.5 Å². The fourth-order valence-corrected chi connectivity index (χ4v) is 8.66. The summed E-state index contributed by atoms with van der Waals surface area (Å²) >= 11 is 0. The molecular formula is C44H63N3O8. The van der Waals surface area contributed by atoms with Crippen LogP contribution in [0.4, 0.5) is 4.79 Å². The molecule has 0 radical (unpaired) electrons. The van der Waals surface area contributed by atoms with Crippen molar-refractivity contribution < 1.29 is 38.8 Å². The Hall–Kier alpha value is -3.93. The van der Waals surface area contributed by atoms with Crippen LogP contribution in [-0.2, 0) is 20.9 Å². The Labute approximate surface area is 327 Å². The van der Waals surface area contributed by atoms with E-state index in [4.69, 9.17) is 23.8 Å². The number of nitrogens with zero attached hydrogens (tertiary/aromatic N) is 3. The third-order valence-corrected chi connectivity index (χ3v) is 10.9. The van der Waals surface area contributed by atoms with Crippen LogP contribution in [0, 0.1) is 30.1 Å². The molecule has 1 amide bonds. The van der Waals surface area contributed by atoms with Crippen molar-refractivity contribution in [2.75, 3.05) is 40.1 Å². The zero-order valence-electron chi connectivity index (χ0n) is 33.8. The number of unbranched alkanes of at least 4 members (excludes halogenated alkanes) is 2. The number of pyridine rings is 1. The second-order valence-electron chi connectivity index (χ2n) is 16.3. The van der Waals surface area contributed by atoms with Gasteiger partial charge in [0, 0.05) is 43.4 Å². The molecule has 2 aromatic rings. The lowest BCUT2D eigenvalue weighted by atomic mass is 9.55. The molecule has 3 aliphatic rings. The number of oxime groups is 1. The van der Waals surface area contributed by atoms with E-state index in [2.05, 4.69) is 28.9 Å². The van der Waals surface area contributed by atoms with Crippen molar-refractivity contribution in [1.29, 1.82) is 0 Å². The average Bonchev–Trinajstić information content (AvgIpc) is 3.16. The number of aromatic nitrogens is 1. The van der Waals surface area contributed by atoms with Crippen LogP contribution in [0.25, 0.3) is 0 Å². The largest absolute Gasteiger partial charge is 0.487 e. The molecule has 1 fully saturated rings. The van der Waals surface area contributed by atoms with Crippen LogP contribution in [0.2, 0.25) is 0 Å². The van der Waals surface area contributed by atoms with Gasteiger partial charge in [-0.15, -0.1) is 6.58 Å². The summed E-state index contributed by atoms with van der Waals surface area (Å²) in [6.07, 6.45) is 9.44. The number of carbonyl (C=O) groups excluding carboxylic acids is 1. The summed E-state index contributed by atoms with van der Waals surface area (Å²) in [4.78, 5) is 26.2. The van der Waals surface area contributed by atoms with E-state index < -0.39 is 23.8 Å². The van der Waals surface area contributed by atoms with E-state index >= 15 is 0 Å². The number of carbonyl (C=O) groups is 1. The zero-order valence-corrected chi connectivity index (χ0v) is 33.8. The summed E-state index contributed by atoms with van der Waals surface area (Å²) in [5, 5.41) is 24.3. The first-order valence-corrected chi connectivity index (χ1v) is 20.1. The summed E-state index contributed by atoms with van der Waals surface area (Å²) in [5.41, 5.74) is 4.27. The minimum atomic E-state index is -1.33. The summed E-state index contributed by atoms with van der Waals surface area (Å²) in [6.45, 7) is 15.6. The van der Waals surface area contributed by atoms with Gasteiger partial charge in [-0.2, -0.15) is 0 Å². The highest BCUT2D eigenvalue weighted by Crippen LogP contribution is 2.62. The van der Waals surface area contributed by atoms with Gasteiger partial charge in [-0.3, -0.25) is 9.88 Å². The number of amides is 1. The number of hydrogen-bond acceptors (Lipinski definition) is 10. The fourth-order valence-electron chi connectivity index (χ4n) is 8.66. The van der Waals surface area contributed by atoms with Gasteiger partial charge in [0.1, 0.15) is 31.3 Å². The number of ether oxygens (including phenoxy) is 4. The van der Waals surface area contributed by atoms with Crippen molar-refractivity contribution in [2.45, 2.75) is 110 Å². The van der Waals surface area contributed by atoms with Gasteiger partial charge < -0.3 is 34.0 Å². The average molecular weight is 762 g/mol. The molecule has 55 heavy (non-hydrogen) atoms. The maximum absolute atomic E-state index is 14.2. The van der Waals surface area contributed by atoms with Crippen LogP contribution in [-0.4, -0.2) is 83.8 Å². The zero-order chi connectivity index (χ0) is 39.6. The Morgan fingerprint density at radius 2 is 1.89 bits per heavy atom. The van der Waals surface area contributed by atoms with Gasteiger partial charge in [0.15, 0.2) is 0 Å². The highest BCUT2D eigenvalue weighted by molar-refractivity contribution is 6.02. The fraction of sp³-hybridized carbons (Fsp3) is 0.614. The molecule has 11 nitrogen and oxygen atoms in total. The Morgan fingerprint density at radius 1 is 1.13 bits per heavy atom. The number of fused-ring (bicyclic) bond motifs is 2. The van der Waals surface area contributed by atoms with Crippen LogP contribution < -0.4 is 9.47 Å². The quantitative estimate of drug-likeness (QED) is 0.0828. The van der Waals surface area contributed by atoms with E-state index in [0.717, 1.165) is 53.9 Å². The predicted octanol–water partition coefficient (Wildman–Crippen LogP) is 8.13. The molecule has 1 aliphatic heterocycles. The van der Waals surface area contributed by atoms with Crippen molar-refractivity contribution in [3.8, 4) is 11.5 Å². The number of aryl methyl sites for hydroxylation is 1. The molecule has 302 valence electrons. The third-order valence-electron chi connectivity index (χ3n) is 10.9. The maximum Gasteiger partial charge on any atom is 0.410 e. The Morgan fingerprint density at radius 3 is 2.56 bits per heavy atom. The number of rotatable bonds is 19. The minimum Gasteiger partial charge on any atom is -0.487 e. The normalized spacial score (nSPS) is 24.9. The third kappa shape index (κ3) is 9.91. The molecule has 6 atom stereocenters. The lowest BCUT2D eigenvalue weighted by molar-refractivity contribution is -0.255. The second-order valence-corrected chi connectivity index (χ2v) is 16.3. The SMILES string of the molecule is C=CCOC12Oc3ccc(OCc4cccc(C)n4)cc3C3C(CCCCO)C(CCCCO)C=C(C(=NOC)CC1N(CCC)C(=O)OCC(C)(C)C)C32. The molecule has 0 saturated heterocycles. The van der Waals surface area contributed by atoms with Crippen molar-refractivity contribution in [3.05, 3.63) is 77.7 Å². The second kappa shape index (κ2) is 19.3. The van der Waals surface area contributed by atoms with Crippen LogP contribution in [0.15, 0.2) is 65.9 Å². The molecule has 11 heteroatoms. The lowest BCUT2D eigenvalue weighted by Crippen LogP contribution is -2.70. The molecule has 6 unspecified atom stereocenters. The van der Waals surface area contributed by atoms with E-state index in [0.29, 0.717) is 50.3 Å². The topological polar surface area (TPSA) is 132 Å². The summed E-state index contributed by atoms with van der Waals surface area (Å²) < 4.78 is 26.7. The Kier molecular flexibility index (Phi) is 14.8. The van der Waals surface area contributed by atoms with Gasteiger partial charge in [0.25, 0.3) is 0 Å². The number of allylic oxidation sites excluding steroid dienone is 1. The van der Waals surface area contributed by atoms with E-state index in [-0.39, 0.29) is 49.6 Å². The van der Waals surface area contributed by atoms with E-state index in [9.17, 15) is 15.0 Å². The summed E-state index contributed by atoms with van der Waals surface area (Å²) in [7, 11) is 1.55. The van der Waals surface area contributed by atoms with Crippen LogP contribution in [0.1, 0.15) is 102 Å². The smallest absolute Gasteiger partial charge is 0.410 e. The first kappa shape index (κ1) is 42.2. The standard InChI is InChI=1S/C44H63N3O8/c1-8-21-47(42(50)53-29-43(4,5)6)39-27-37(46-51-7)35-25-31(16-10-12-22-48)34(18-11-13-23-49)40-36-26-33(52-28-32-17-14-15-30(3)45-32)19-20-38(36)55-44(39,41(35)40)54-24-9-2/h9,14-15,17,19-20,25-26,31,34,39-41,48-49H,2,8,10-13,16,18,21-24,27-29H2,1,3-7H3. The molecule has 2 heterocycles. The highest BCUT2D eigenvalue weighted by Gasteiger charge is 2.65. The molecule has 2 aliphatic carbocycles. The number of aliphatic hydroxyl groups is 2. The number of hydrogen-bond donors (Lipinski definition) is 2. The molecule has 2 N–H and O–H groups in total. The van der Waals surface area contributed by atoms with Gasteiger partial charge in [0.2, 0.25) is 5.79 Å². The van der Waals surface area contributed by atoms with Crippen molar-refractivity contribution in [1.82, 2.24) is 9.88 Å². The van der Waals surface area contributed by atoms with Crippen LogP contribution in [0.3, 0.4) is 0 Å². The Bertz CT molecular complexity index is 1650. The highest BCUT2D eigenvalue weighted by atomic mass is 16.7. The molecule has 1 aromatic heterocycles. The lowest BCUT2D eigenvalue weighted by Gasteiger charge is -2.60. The summed E-state index contributed by atoms with van der Waals surface area (Å²) in [6, 6.07) is 11.3. The van der Waals surface area contributed by atoms with Crippen LogP contribution >= 0.6 is 0 Å². The molecule has 1 saturated carbocycles. The Balaban J connectivity index is 1.72. The molecular weight excluding hydrogens is 698 g/mol. The van der Waals surface area contributed by atoms with Gasteiger partial charge in [-0.1, -0.05) is 63.9 Å². The van der Waals surface area contributed by atoms with E-state index in [1.807, 2.05) is 65.0 Å². The minimum absolute atomic E-state index is 0.108. The molecule has 0 bridgehead atoms.